The van der Waals surface area contributed by atoms with E-state index < -0.39 is 17.7 Å². The summed E-state index contributed by atoms with van der Waals surface area (Å²) in [5.74, 6) is -0.947. The lowest BCUT2D eigenvalue weighted by atomic mass is 9.93. The Morgan fingerprint density at radius 3 is 2.48 bits per heavy atom. The largest absolute Gasteiger partial charge is 0.507 e. The number of benzene rings is 2. The van der Waals surface area contributed by atoms with Crippen molar-refractivity contribution in [1.29, 1.82) is 0 Å². The fourth-order valence-corrected chi connectivity index (χ4v) is 4.16. The topological polar surface area (TPSA) is 91.9 Å². The molecule has 31 heavy (non-hydrogen) atoms. The minimum atomic E-state index is -0.728. The van der Waals surface area contributed by atoms with E-state index in [0.29, 0.717) is 11.3 Å². The van der Waals surface area contributed by atoms with Gasteiger partial charge in [0, 0.05) is 41.4 Å². The van der Waals surface area contributed by atoms with Gasteiger partial charge in [0.1, 0.15) is 11.5 Å². The molecule has 1 saturated heterocycles. The van der Waals surface area contributed by atoms with Crippen LogP contribution in [0.1, 0.15) is 22.9 Å². The van der Waals surface area contributed by atoms with Gasteiger partial charge in [-0.2, -0.15) is 0 Å². The molecule has 160 valence electrons. The lowest BCUT2D eigenvalue weighted by molar-refractivity contribution is -0.140. The zero-order chi connectivity index (χ0) is 22.1. The molecule has 1 aromatic heterocycles. The number of aryl methyl sites for hydroxylation is 1. The fraction of sp³-hybridized carbons (Fsp3) is 0.250. The lowest BCUT2D eigenvalue weighted by Gasteiger charge is -2.25. The van der Waals surface area contributed by atoms with Crippen LogP contribution in [-0.4, -0.2) is 54.1 Å². The third-order valence-electron chi connectivity index (χ3n) is 5.66. The predicted octanol–water partition coefficient (Wildman–Crippen LogP) is 3.55. The highest BCUT2D eigenvalue weighted by molar-refractivity contribution is 6.46. The minimum Gasteiger partial charge on any atom is -0.507 e. The van der Waals surface area contributed by atoms with Gasteiger partial charge >= 0.3 is 0 Å². The number of hydrogen-bond acceptors (Lipinski definition) is 5. The highest BCUT2D eigenvalue weighted by Gasteiger charge is 2.47. The van der Waals surface area contributed by atoms with Crippen molar-refractivity contribution in [2.45, 2.75) is 13.0 Å². The maximum Gasteiger partial charge on any atom is 0.295 e. The van der Waals surface area contributed by atoms with Gasteiger partial charge in [-0.25, -0.2) is 0 Å². The molecular formula is C24H24N2O5. The number of H-pyrrole nitrogens is 1. The average Bonchev–Trinajstić information content (AvgIpc) is 3.24. The lowest BCUT2D eigenvalue weighted by Crippen LogP contribution is -2.32. The maximum absolute atomic E-state index is 13.1. The number of nitrogens with zero attached hydrogens (tertiary/aromatic N) is 1. The van der Waals surface area contributed by atoms with Gasteiger partial charge < -0.3 is 24.5 Å². The number of carbonyl (C=O) groups is 2. The smallest absolute Gasteiger partial charge is 0.295 e. The number of aliphatic hydroxyl groups is 1. The number of aromatic amines is 1. The molecule has 4 rings (SSSR count). The van der Waals surface area contributed by atoms with E-state index in [-0.39, 0.29) is 24.5 Å². The first kappa shape index (κ1) is 20.7. The van der Waals surface area contributed by atoms with Crippen LogP contribution >= 0.6 is 0 Å². The van der Waals surface area contributed by atoms with E-state index in [1.807, 2.05) is 31.2 Å². The van der Waals surface area contributed by atoms with Gasteiger partial charge in [0.2, 0.25) is 0 Å². The molecule has 0 saturated carbocycles. The summed E-state index contributed by atoms with van der Waals surface area (Å²) in [4.78, 5) is 30.8. The Morgan fingerprint density at radius 1 is 1.10 bits per heavy atom. The van der Waals surface area contributed by atoms with Crippen molar-refractivity contribution in [3.8, 4) is 5.75 Å². The Labute approximate surface area is 179 Å². The van der Waals surface area contributed by atoms with Crippen LogP contribution in [-0.2, 0) is 14.3 Å². The first-order valence-electron chi connectivity index (χ1n) is 9.97. The second-order valence-electron chi connectivity index (χ2n) is 7.42. The number of para-hydroxylation sites is 1. The molecule has 1 aliphatic rings. The number of hydrogen-bond donors (Lipinski definition) is 2. The molecule has 3 aromatic rings. The van der Waals surface area contributed by atoms with Crippen LogP contribution in [0.4, 0.5) is 0 Å². The molecule has 1 unspecified atom stereocenters. The number of methoxy groups -OCH3 is 2. The van der Waals surface area contributed by atoms with Crippen LogP contribution in [0, 0.1) is 6.92 Å². The molecule has 1 fully saturated rings. The monoisotopic (exact) mass is 420 g/mol. The van der Waals surface area contributed by atoms with Crippen LogP contribution in [0.5, 0.6) is 5.75 Å². The SMILES string of the molecule is COCCN1C(=O)C(=O)/C(=C(/O)c2ccc(OC)cc2)C1c1c(C)[nH]c2ccccc12. The molecule has 2 aromatic carbocycles. The number of nitrogens with one attached hydrogen (secondary N) is 1. The summed E-state index contributed by atoms with van der Waals surface area (Å²) in [5, 5.41) is 12.0. The molecule has 1 atom stereocenters. The van der Waals surface area contributed by atoms with Crippen LogP contribution in [0.25, 0.3) is 16.7 Å². The molecule has 0 aliphatic carbocycles. The van der Waals surface area contributed by atoms with Gasteiger partial charge in [-0.05, 0) is 37.3 Å². The number of likely N-dealkylation sites (tertiary alicyclic amines) is 1. The molecular weight excluding hydrogens is 396 g/mol. The third kappa shape index (κ3) is 3.47. The number of carbonyl (C=O) groups excluding carboxylic acids is 2. The summed E-state index contributed by atoms with van der Waals surface area (Å²) in [6.07, 6.45) is 0. The van der Waals surface area contributed by atoms with E-state index in [4.69, 9.17) is 9.47 Å². The van der Waals surface area contributed by atoms with Crippen molar-refractivity contribution in [3.63, 3.8) is 0 Å². The summed E-state index contributed by atoms with van der Waals surface area (Å²) in [6.45, 7) is 2.40. The highest BCUT2D eigenvalue weighted by Crippen LogP contribution is 2.43. The molecule has 1 aliphatic heterocycles. The van der Waals surface area contributed by atoms with E-state index in [1.165, 1.54) is 4.90 Å². The standard InChI is InChI=1S/C24H24N2O5/c1-14-19(17-6-4-5-7-18(17)25-14)21-20(23(28)24(29)26(21)12-13-30-2)22(27)15-8-10-16(31-3)11-9-15/h4-11,21,25,27H,12-13H2,1-3H3/b22-20+. The number of amides is 1. The first-order valence-corrected chi connectivity index (χ1v) is 9.97. The highest BCUT2D eigenvalue weighted by atomic mass is 16.5. The first-order chi connectivity index (χ1) is 15.0. The molecule has 7 nitrogen and oxygen atoms in total. The Hall–Kier alpha value is -3.58. The Bertz CT molecular complexity index is 1180. The summed E-state index contributed by atoms with van der Waals surface area (Å²) in [7, 11) is 3.09. The molecule has 7 heteroatoms. The summed E-state index contributed by atoms with van der Waals surface area (Å²) < 4.78 is 10.3. The second-order valence-corrected chi connectivity index (χ2v) is 7.42. The molecule has 2 N–H and O–H groups in total. The van der Waals surface area contributed by atoms with E-state index >= 15 is 0 Å². The zero-order valence-electron chi connectivity index (χ0n) is 17.6. The van der Waals surface area contributed by atoms with Crippen molar-refractivity contribution < 1.29 is 24.2 Å². The molecule has 0 spiro atoms. The van der Waals surface area contributed by atoms with E-state index in [0.717, 1.165) is 22.2 Å². The molecule has 0 radical (unpaired) electrons. The van der Waals surface area contributed by atoms with Crippen molar-refractivity contribution in [1.82, 2.24) is 9.88 Å². The molecule has 0 bridgehead atoms. The zero-order valence-corrected chi connectivity index (χ0v) is 17.6. The van der Waals surface area contributed by atoms with Gasteiger partial charge in [0.25, 0.3) is 11.7 Å². The van der Waals surface area contributed by atoms with Crippen molar-refractivity contribution in [2.24, 2.45) is 0 Å². The average molecular weight is 420 g/mol. The molecule has 2 heterocycles. The Morgan fingerprint density at radius 2 is 1.81 bits per heavy atom. The number of fused-ring (bicyclic) bond motifs is 1. The van der Waals surface area contributed by atoms with Gasteiger partial charge in [-0.15, -0.1) is 0 Å². The number of ether oxygens (including phenoxy) is 2. The predicted molar refractivity (Wildman–Crippen MR) is 117 cm³/mol. The van der Waals surface area contributed by atoms with Crippen molar-refractivity contribution in [3.05, 3.63) is 70.9 Å². The number of ketones is 1. The minimum absolute atomic E-state index is 0.0686. The van der Waals surface area contributed by atoms with Crippen LogP contribution in [0.3, 0.4) is 0 Å². The van der Waals surface area contributed by atoms with Gasteiger partial charge in [-0.3, -0.25) is 9.59 Å². The van der Waals surface area contributed by atoms with Gasteiger partial charge in [-0.1, -0.05) is 18.2 Å². The van der Waals surface area contributed by atoms with Gasteiger partial charge in [0.15, 0.2) is 0 Å². The number of aliphatic hydroxyl groups excluding tert-OH is 1. The van der Waals surface area contributed by atoms with Crippen LogP contribution in [0.2, 0.25) is 0 Å². The fourth-order valence-electron chi connectivity index (χ4n) is 4.16. The van der Waals surface area contributed by atoms with Gasteiger partial charge in [0.05, 0.1) is 25.3 Å². The normalized spacial score (nSPS) is 18.2. The van der Waals surface area contributed by atoms with E-state index in [9.17, 15) is 14.7 Å². The quantitative estimate of drug-likeness (QED) is 0.361. The Kier molecular flexibility index (Phi) is 5.52. The summed E-state index contributed by atoms with van der Waals surface area (Å²) >= 11 is 0. The third-order valence-corrected chi connectivity index (χ3v) is 5.66. The molecule has 1 amide bonds. The maximum atomic E-state index is 13.1. The van der Waals surface area contributed by atoms with Crippen LogP contribution < -0.4 is 4.74 Å². The van der Waals surface area contributed by atoms with Crippen molar-refractivity contribution in [2.75, 3.05) is 27.4 Å². The van der Waals surface area contributed by atoms with Crippen molar-refractivity contribution >= 4 is 28.4 Å². The Balaban J connectivity index is 1.94. The number of aromatic nitrogens is 1. The summed E-state index contributed by atoms with van der Waals surface area (Å²) in [6, 6.07) is 13.7. The number of Topliss-reactive ketones (excluding diaryl/α,β-unsaturated/α-hetero) is 1. The van der Waals surface area contributed by atoms with Crippen LogP contribution in [0.15, 0.2) is 54.1 Å². The summed E-state index contributed by atoms with van der Waals surface area (Å²) in [5.41, 5.74) is 3.03. The number of rotatable bonds is 6. The van der Waals surface area contributed by atoms with E-state index in [1.54, 1.807) is 38.5 Å². The second kappa shape index (κ2) is 8.28. The van der Waals surface area contributed by atoms with E-state index in [2.05, 4.69) is 4.98 Å².